The predicted molar refractivity (Wildman–Crippen MR) is 112 cm³/mol. The molecule has 3 heterocycles. The maximum Gasteiger partial charge on any atom is 0.254 e. The molecule has 0 saturated carbocycles. The van der Waals surface area contributed by atoms with Crippen molar-refractivity contribution in [1.29, 1.82) is 0 Å². The van der Waals surface area contributed by atoms with E-state index in [-0.39, 0.29) is 11.9 Å². The first-order chi connectivity index (χ1) is 14.2. The van der Waals surface area contributed by atoms with Gasteiger partial charge in [-0.05, 0) is 43.0 Å². The van der Waals surface area contributed by atoms with Crippen molar-refractivity contribution < 1.29 is 4.79 Å². The van der Waals surface area contributed by atoms with Crippen LogP contribution in [0.2, 0.25) is 0 Å². The number of hydrogen-bond acceptors (Lipinski definition) is 4. The van der Waals surface area contributed by atoms with Gasteiger partial charge in [-0.25, -0.2) is 0 Å². The number of carbonyl (C=O) groups excluding carboxylic acids is 1. The van der Waals surface area contributed by atoms with Gasteiger partial charge in [-0.1, -0.05) is 42.5 Å². The van der Waals surface area contributed by atoms with Gasteiger partial charge in [0.1, 0.15) is 0 Å². The van der Waals surface area contributed by atoms with Crippen molar-refractivity contribution in [2.75, 3.05) is 11.4 Å². The van der Waals surface area contributed by atoms with Crippen LogP contribution in [-0.2, 0) is 26.1 Å². The number of benzene rings is 2. The van der Waals surface area contributed by atoms with Crippen molar-refractivity contribution >= 4 is 11.9 Å². The van der Waals surface area contributed by atoms with Crippen LogP contribution in [0.3, 0.4) is 0 Å². The lowest BCUT2D eigenvalue weighted by molar-refractivity contribution is 0.0760. The van der Waals surface area contributed by atoms with E-state index >= 15 is 0 Å². The molecule has 0 fully saturated rings. The van der Waals surface area contributed by atoms with Gasteiger partial charge in [-0.15, -0.1) is 10.2 Å². The molecule has 0 radical (unpaired) electrons. The highest BCUT2D eigenvalue weighted by Crippen LogP contribution is 2.33. The molecule has 0 saturated heterocycles. The summed E-state index contributed by atoms with van der Waals surface area (Å²) in [6, 6.07) is 16.7. The van der Waals surface area contributed by atoms with Crippen LogP contribution in [0.25, 0.3) is 0 Å². The van der Waals surface area contributed by atoms with E-state index in [9.17, 15) is 4.79 Å². The van der Waals surface area contributed by atoms with Crippen molar-refractivity contribution in [3.63, 3.8) is 0 Å². The van der Waals surface area contributed by atoms with Crippen molar-refractivity contribution in [3.05, 3.63) is 76.6 Å². The molecule has 6 heteroatoms. The van der Waals surface area contributed by atoms with Crippen LogP contribution >= 0.6 is 0 Å². The average Bonchev–Trinajstić information content (AvgIpc) is 3.30. The van der Waals surface area contributed by atoms with Crippen molar-refractivity contribution in [2.24, 2.45) is 0 Å². The van der Waals surface area contributed by atoms with Crippen molar-refractivity contribution in [2.45, 2.75) is 45.9 Å². The molecule has 0 aliphatic carbocycles. The van der Waals surface area contributed by atoms with Gasteiger partial charge in [-0.2, -0.15) is 0 Å². The number of amides is 1. The quantitative estimate of drug-likeness (QED) is 0.687. The van der Waals surface area contributed by atoms with Gasteiger partial charge < -0.3 is 9.80 Å². The second-order valence-electron chi connectivity index (χ2n) is 7.80. The minimum absolute atomic E-state index is 0.0769. The standard InChI is InChI=1S/C23H25N5O/c1-3-27-21(15-26-14-18-9-5-7-11-20(18)22(26)29)24-25-23(27)28-13-12-17-8-4-6-10-19(17)16(28)2/h4-11,16H,3,12-15H2,1-2H3. The molecule has 1 unspecified atom stereocenters. The van der Waals surface area contributed by atoms with Crippen LogP contribution < -0.4 is 4.90 Å². The SMILES string of the molecule is CCn1c(CN2Cc3ccccc3C2=O)nnc1N1CCc2ccccc2C1C. The molecule has 1 amide bonds. The summed E-state index contributed by atoms with van der Waals surface area (Å²) < 4.78 is 2.15. The summed E-state index contributed by atoms with van der Waals surface area (Å²) in [7, 11) is 0. The molecule has 5 rings (SSSR count). The van der Waals surface area contributed by atoms with Gasteiger partial charge in [0.05, 0.1) is 12.6 Å². The van der Waals surface area contributed by atoms with E-state index in [1.165, 1.54) is 11.1 Å². The lowest BCUT2D eigenvalue weighted by atomic mass is 9.94. The molecule has 3 aromatic rings. The fraction of sp³-hybridized carbons (Fsp3) is 0.348. The Hall–Kier alpha value is -3.15. The normalized spacial score (nSPS) is 18.1. The Bertz CT molecular complexity index is 1070. The average molecular weight is 387 g/mol. The molecule has 1 atom stereocenters. The number of anilines is 1. The van der Waals surface area contributed by atoms with Crippen LogP contribution in [0.4, 0.5) is 5.95 Å². The van der Waals surface area contributed by atoms with Crippen LogP contribution in [0.5, 0.6) is 0 Å². The largest absolute Gasteiger partial charge is 0.334 e. The zero-order valence-electron chi connectivity index (χ0n) is 16.9. The monoisotopic (exact) mass is 387 g/mol. The predicted octanol–water partition coefficient (Wildman–Crippen LogP) is 3.58. The zero-order chi connectivity index (χ0) is 20.0. The van der Waals surface area contributed by atoms with E-state index in [0.29, 0.717) is 13.1 Å². The molecule has 6 nitrogen and oxygen atoms in total. The number of fused-ring (bicyclic) bond motifs is 2. The minimum atomic E-state index is 0.0769. The third-order valence-corrected chi connectivity index (χ3v) is 6.20. The lowest BCUT2D eigenvalue weighted by Crippen LogP contribution is -2.36. The molecule has 2 aromatic carbocycles. The van der Waals surface area contributed by atoms with E-state index in [0.717, 1.165) is 42.4 Å². The molecule has 0 spiro atoms. The van der Waals surface area contributed by atoms with Gasteiger partial charge >= 0.3 is 0 Å². The molecule has 29 heavy (non-hydrogen) atoms. The van der Waals surface area contributed by atoms with Crippen LogP contribution in [0, 0.1) is 0 Å². The second kappa shape index (κ2) is 7.03. The number of carbonyl (C=O) groups is 1. The highest BCUT2D eigenvalue weighted by Gasteiger charge is 2.31. The first-order valence-electron chi connectivity index (χ1n) is 10.3. The van der Waals surface area contributed by atoms with Gasteiger partial charge in [-0.3, -0.25) is 9.36 Å². The summed E-state index contributed by atoms with van der Waals surface area (Å²) >= 11 is 0. The van der Waals surface area contributed by atoms with Crippen molar-refractivity contribution in [3.8, 4) is 0 Å². The van der Waals surface area contributed by atoms with Crippen molar-refractivity contribution in [1.82, 2.24) is 19.7 Å². The Morgan fingerprint density at radius 1 is 1.03 bits per heavy atom. The molecule has 2 aliphatic rings. The number of aromatic nitrogens is 3. The Morgan fingerprint density at radius 2 is 1.79 bits per heavy atom. The fourth-order valence-electron chi connectivity index (χ4n) is 4.64. The Labute approximate surface area is 170 Å². The molecular weight excluding hydrogens is 362 g/mol. The Morgan fingerprint density at radius 3 is 2.59 bits per heavy atom. The molecule has 148 valence electrons. The summed E-state index contributed by atoms with van der Waals surface area (Å²) in [5, 5.41) is 9.04. The van der Waals surface area contributed by atoms with Gasteiger partial charge in [0.15, 0.2) is 5.82 Å². The molecule has 0 bridgehead atoms. The third kappa shape index (κ3) is 2.90. The second-order valence-corrected chi connectivity index (χ2v) is 7.80. The van der Waals surface area contributed by atoms with E-state index in [2.05, 4.69) is 57.8 Å². The first kappa shape index (κ1) is 17.9. The summed E-state index contributed by atoms with van der Waals surface area (Å²) in [4.78, 5) is 17.0. The number of nitrogens with zero attached hydrogens (tertiary/aromatic N) is 5. The van der Waals surface area contributed by atoms with Gasteiger partial charge in [0.2, 0.25) is 5.95 Å². The smallest absolute Gasteiger partial charge is 0.254 e. The van der Waals surface area contributed by atoms with Gasteiger partial charge in [0, 0.05) is 25.2 Å². The molecule has 0 N–H and O–H groups in total. The Balaban J connectivity index is 1.42. The summed E-state index contributed by atoms with van der Waals surface area (Å²) in [6.07, 6.45) is 1.01. The Kier molecular flexibility index (Phi) is 4.34. The zero-order valence-corrected chi connectivity index (χ0v) is 16.9. The summed E-state index contributed by atoms with van der Waals surface area (Å²) in [5.74, 6) is 1.82. The molecule has 1 aromatic heterocycles. The van der Waals surface area contributed by atoms with Crippen LogP contribution in [0.1, 0.15) is 52.8 Å². The molecule has 2 aliphatic heterocycles. The first-order valence-corrected chi connectivity index (χ1v) is 10.3. The van der Waals surface area contributed by atoms with Crippen LogP contribution in [-0.4, -0.2) is 32.1 Å². The summed E-state index contributed by atoms with van der Waals surface area (Å²) in [6.45, 7) is 7.15. The molecular formula is C23H25N5O. The maximum atomic E-state index is 12.8. The van der Waals surface area contributed by atoms with E-state index < -0.39 is 0 Å². The van der Waals surface area contributed by atoms with Crippen LogP contribution in [0.15, 0.2) is 48.5 Å². The van der Waals surface area contributed by atoms with E-state index in [4.69, 9.17) is 0 Å². The lowest BCUT2D eigenvalue weighted by Gasteiger charge is -2.36. The third-order valence-electron chi connectivity index (χ3n) is 6.20. The maximum absolute atomic E-state index is 12.8. The summed E-state index contributed by atoms with van der Waals surface area (Å²) in [5.41, 5.74) is 4.66. The highest BCUT2D eigenvalue weighted by molar-refractivity contribution is 5.98. The van der Waals surface area contributed by atoms with E-state index in [1.54, 1.807) is 0 Å². The van der Waals surface area contributed by atoms with Gasteiger partial charge in [0.25, 0.3) is 5.91 Å². The number of rotatable bonds is 4. The topological polar surface area (TPSA) is 54.3 Å². The van der Waals surface area contributed by atoms with E-state index in [1.807, 2.05) is 29.2 Å². The minimum Gasteiger partial charge on any atom is -0.334 e. The number of hydrogen-bond donors (Lipinski definition) is 0. The fourth-order valence-corrected chi connectivity index (χ4v) is 4.64. The highest BCUT2D eigenvalue weighted by atomic mass is 16.2.